The summed E-state index contributed by atoms with van der Waals surface area (Å²) < 4.78 is 27.2. The maximum atomic E-state index is 13.2. The molecule has 6 heteroatoms. The van der Waals surface area contributed by atoms with Gasteiger partial charge in [0.2, 0.25) is 15.9 Å². The Morgan fingerprint density at radius 3 is 2.10 bits per heavy atom. The van der Waals surface area contributed by atoms with Gasteiger partial charge in [-0.3, -0.25) is 4.79 Å². The number of sulfonamides is 1. The van der Waals surface area contributed by atoms with Crippen LogP contribution in [0.15, 0.2) is 30.3 Å². The first kappa shape index (κ1) is 21.4. The zero-order valence-corrected chi connectivity index (χ0v) is 19.5. The zero-order valence-electron chi connectivity index (χ0n) is 18.7. The van der Waals surface area contributed by atoms with E-state index in [9.17, 15) is 13.2 Å². The molecule has 5 fully saturated rings. The average Bonchev–Trinajstić information content (AvgIpc) is 2.72. The molecular weight excluding hydrogens is 408 g/mol. The van der Waals surface area contributed by atoms with E-state index in [2.05, 4.69) is 0 Å². The second-order valence-electron chi connectivity index (χ2n) is 11.0. The van der Waals surface area contributed by atoms with Crippen molar-refractivity contribution in [2.75, 3.05) is 26.7 Å². The highest BCUT2D eigenvalue weighted by molar-refractivity contribution is 7.88. The fraction of sp³-hybridized carbons (Fsp3) is 0.720. The normalized spacial score (nSPS) is 33.5. The van der Waals surface area contributed by atoms with Crippen molar-refractivity contribution in [1.82, 2.24) is 9.21 Å². The third kappa shape index (κ3) is 4.43. The SMILES string of the molecule is CN(CC12CC3CC(CC(C3)C1)C2)C(=O)C1CCN(S(=O)(=O)Cc2ccccc2)CC1. The Labute approximate surface area is 187 Å². The van der Waals surface area contributed by atoms with Crippen LogP contribution < -0.4 is 0 Å². The number of benzene rings is 1. The average molecular weight is 445 g/mol. The van der Waals surface area contributed by atoms with Crippen LogP contribution in [0.4, 0.5) is 0 Å². The molecule has 0 N–H and O–H groups in total. The summed E-state index contributed by atoms with van der Waals surface area (Å²) in [7, 11) is -1.35. The summed E-state index contributed by atoms with van der Waals surface area (Å²) in [6.45, 7) is 1.81. The van der Waals surface area contributed by atoms with Gasteiger partial charge in [-0.15, -0.1) is 0 Å². The van der Waals surface area contributed by atoms with Crippen molar-refractivity contribution < 1.29 is 13.2 Å². The van der Waals surface area contributed by atoms with Gasteiger partial charge in [0.15, 0.2) is 0 Å². The first-order valence-electron chi connectivity index (χ1n) is 12.1. The van der Waals surface area contributed by atoms with Crippen molar-refractivity contribution in [2.45, 2.75) is 57.1 Å². The summed E-state index contributed by atoms with van der Waals surface area (Å²) in [6, 6.07) is 9.35. The largest absolute Gasteiger partial charge is 0.345 e. The monoisotopic (exact) mass is 444 g/mol. The van der Waals surface area contributed by atoms with Crippen molar-refractivity contribution in [3.8, 4) is 0 Å². The van der Waals surface area contributed by atoms with E-state index in [0.29, 0.717) is 31.3 Å². The maximum Gasteiger partial charge on any atom is 0.225 e. The van der Waals surface area contributed by atoms with Crippen molar-refractivity contribution >= 4 is 15.9 Å². The van der Waals surface area contributed by atoms with Gasteiger partial charge in [-0.05, 0) is 80.1 Å². The second-order valence-corrected chi connectivity index (χ2v) is 13.0. The number of rotatable bonds is 6. The Balaban J connectivity index is 1.16. The Kier molecular flexibility index (Phi) is 5.66. The van der Waals surface area contributed by atoms with Crippen molar-refractivity contribution in [1.29, 1.82) is 0 Å². The molecule has 1 saturated heterocycles. The molecule has 4 aliphatic carbocycles. The minimum Gasteiger partial charge on any atom is -0.345 e. The van der Waals surface area contributed by atoms with E-state index < -0.39 is 10.0 Å². The van der Waals surface area contributed by atoms with Gasteiger partial charge < -0.3 is 4.90 Å². The first-order chi connectivity index (χ1) is 14.8. The molecule has 0 aromatic heterocycles. The smallest absolute Gasteiger partial charge is 0.225 e. The van der Waals surface area contributed by atoms with Crippen LogP contribution in [-0.4, -0.2) is 50.2 Å². The van der Waals surface area contributed by atoms with Crippen LogP contribution in [0, 0.1) is 29.1 Å². The minimum atomic E-state index is -3.33. The molecule has 1 heterocycles. The van der Waals surface area contributed by atoms with E-state index in [4.69, 9.17) is 0 Å². The number of carbonyl (C=O) groups excluding carboxylic acids is 1. The van der Waals surface area contributed by atoms with Crippen LogP contribution in [0.3, 0.4) is 0 Å². The molecule has 0 radical (unpaired) electrons. The van der Waals surface area contributed by atoms with Crippen LogP contribution in [0.1, 0.15) is 56.9 Å². The molecule has 4 bridgehead atoms. The zero-order chi connectivity index (χ0) is 21.6. The summed E-state index contributed by atoms with van der Waals surface area (Å²) in [5, 5.41) is 0. The molecule has 31 heavy (non-hydrogen) atoms. The van der Waals surface area contributed by atoms with Gasteiger partial charge >= 0.3 is 0 Å². The van der Waals surface area contributed by atoms with Gasteiger partial charge in [0.25, 0.3) is 0 Å². The summed E-state index contributed by atoms with van der Waals surface area (Å²) in [5.41, 5.74) is 1.18. The number of hydrogen-bond donors (Lipinski definition) is 0. The van der Waals surface area contributed by atoms with Gasteiger partial charge in [0.1, 0.15) is 0 Å². The van der Waals surface area contributed by atoms with Crippen LogP contribution in [0.25, 0.3) is 0 Å². The predicted octanol–water partition coefficient (Wildman–Crippen LogP) is 3.90. The molecule has 6 rings (SSSR count). The third-order valence-corrected chi connectivity index (χ3v) is 10.4. The first-order valence-corrected chi connectivity index (χ1v) is 13.7. The van der Waals surface area contributed by atoms with Gasteiger partial charge in [0, 0.05) is 32.6 Å². The number of nitrogens with zero attached hydrogens (tertiary/aromatic N) is 2. The molecule has 5 aliphatic rings. The lowest BCUT2D eigenvalue weighted by Crippen LogP contribution is -2.52. The van der Waals surface area contributed by atoms with Crippen LogP contribution in [0.2, 0.25) is 0 Å². The number of hydrogen-bond acceptors (Lipinski definition) is 3. The highest BCUT2D eigenvalue weighted by Crippen LogP contribution is 2.60. The van der Waals surface area contributed by atoms with E-state index in [1.807, 2.05) is 42.3 Å². The van der Waals surface area contributed by atoms with Crippen molar-refractivity contribution in [3.05, 3.63) is 35.9 Å². The molecule has 0 spiro atoms. The highest BCUT2D eigenvalue weighted by atomic mass is 32.2. The summed E-state index contributed by atoms with van der Waals surface area (Å²) in [4.78, 5) is 15.2. The summed E-state index contributed by atoms with van der Waals surface area (Å²) >= 11 is 0. The van der Waals surface area contributed by atoms with E-state index in [-0.39, 0.29) is 17.6 Å². The standard InChI is InChI=1S/C25H36N2O3S/c1-26(18-25-14-20-11-21(15-25)13-22(12-20)16-25)24(28)23-7-9-27(10-8-23)31(29,30)17-19-5-3-2-4-6-19/h2-6,20-23H,7-18H2,1H3. The number of piperidine rings is 1. The molecule has 1 aliphatic heterocycles. The van der Waals surface area contributed by atoms with Crippen molar-refractivity contribution in [2.24, 2.45) is 29.1 Å². The van der Waals surface area contributed by atoms with Crippen LogP contribution in [-0.2, 0) is 20.6 Å². The quantitative estimate of drug-likeness (QED) is 0.669. The topological polar surface area (TPSA) is 57.7 Å². The molecule has 0 atom stereocenters. The Morgan fingerprint density at radius 1 is 1.00 bits per heavy atom. The minimum absolute atomic E-state index is 0.0397. The molecule has 1 aromatic rings. The van der Waals surface area contributed by atoms with E-state index in [1.165, 1.54) is 38.5 Å². The van der Waals surface area contributed by atoms with Gasteiger partial charge in [-0.1, -0.05) is 30.3 Å². The lowest BCUT2D eigenvalue weighted by atomic mass is 9.49. The van der Waals surface area contributed by atoms with Gasteiger partial charge in [-0.25, -0.2) is 12.7 Å². The van der Waals surface area contributed by atoms with E-state index in [1.54, 1.807) is 4.31 Å². The lowest BCUT2D eigenvalue weighted by Gasteiger charge is -2.57. The highest BCUT2D eigenvalue weighted by Gasteiger charge is 2.51. The fourth-order valence-corrected chi connectivity index (χ4v) is 9.20. The molecular formula is C25H36N2O3S. The molecule has 4 saturated carbocycles. The summed E-state index contributed by atoms with van der Waals surface area (Å²) in [5.74, 6) is 2.92. The molecule has 1 amide bonds. The second kappa shape index (κ2) is 8.18. The molecule has 0 unspecified atom stereocenters. The Hall–Kier alpha value is -1.40. The van der Waals surface area contributed by atoms with E-state index in [0.717, 1.165) is 29.9 Å². The van der Waals surface area contributed by atoms with Gasteiger partial charge in [0.05, 0.1) is 5.75 Å². The maximum absolute atomic E-state index is 13.2. The molecule has 170 valence electrons. The van der Waals surface area contributed by atoms with E-state index >= 15 is 0 Å². The van der Waals surface area contributed by atoms with Crippen LogP contribution in [0.5, 0.6) is 0 Å². The molecule has 5 nitrogen and oxygen atoms in total. The Morgan fingerprint density at radius 2 is 1.55 bits per heavy atom. The summed E-state index contributed by atoms with van der Waals surface area (Å²) in [6.07, 6.45) is 9.48. The lowest BCUT2D eigenvalue weighted by molar-refractivity contribution is -0.140. The number of carbonyl (C=O) groups is 1. The molecule has 1 aromatic carbocycles. The van der Waals surface area contributed by atoms with Gasteiger partial charge in [-0.2, -0.15) is 0 Å². The third-order valence-electron chi connectivity index (χ3n) is 8.50. The van der Waals surface area contributed by atoms with Crippen molar-refractivity contribution in [3.63, 3.8) is 0 Å². The fourth-order valence-electron chi connectivity index (χ4n) is 7.63. The Bertz CT molecular complexity index is 871. The predicted molar refractivity (Wildman–Crippen MR) is 122 cm³/mol. The number of amides is 1. The van der Waals surface area contributed by atoms with Crippen LogP contribution >= 0.6 is 0 Å².